The maximum Gasteiger partial charge on any atom is 0.224 e. The molecule has 0 bridgehead atoms. The zero-order valence-corrected chi connectivity index (χ0v) is 20.3. The average Bonchev–Trinajstić information content (AvgIpc) is 3.34. The quantitative estimate of drug-likeness (QED) is 0.420. The van der Waals surface area contributed by atoms with E-state index in [-0.39, 0.29) is 12.6 Å². The zero-order chi connectivity index (χ0) is 22.9. The van der Waals surface area contributed by atoms with Crippen LogP contribution in [-0.2, 0) is 0 Å². The van der Waals surface area contributed by atoms with E-state index in [1.807, 2.05) is 26.8 Å². The summed E-state index contributed by atoms with van der Waals surface area (Å²) in [6.07, 6.45) is 5.57. The van der Waals surface area contributed by atoms with Crippen LogP contribution in [0, 0.1) is 25.7 Å². The first-order chi connectivity index (χ1) is 16.0. The Balaban J connectivity index is 1.52. The predicted molar refractivity (Wildman–Crippen MR) is 132 cm³/mol. The van der Waals surface area contributed by atoms with Crippen molar-refractivity contribution in [2.75, 3.05) is 30.4 Å². The second kappa shape index (κ2) is 9.38. The van der Waals surface area contributed by atoms with Crippen molar-refractivity contribution in [2.24, 2.45) is 11.8 Å². The number of pyridine rings is 1. The molecule has 0 amide bonds. The summed E-state index contributed by atoms with van der Waals surface area (Å²) in [5.41, 5.74) is 3.59. The Labute approximate surface area is 198 Å². The molecule has 9 heteroatoms. The number of nitrogens with zero attached hydrogens (tertiary/aromatic N) is 4. The minimum Gasteiger partial charge on any atom is -0.478 e. The molecule has 176 valence electrons. The highest BCUT2D eigenvalue weighted by Crippen LogP contribution is 2.39. The number of anilines is 2. The lowest BCUT2D eigenvalue weighted by Gasteiger charge is -2.18. The molecule has 0 aromatic carbocycles. The van der Waals surface area contributed by atoms with Gasteiger partial charge < -0.3 is 20.5 Å². The molecular weight excluding hydrogens is 436 g/mol. The lowest BCUT2D eigenvalue weighted by molar-refractivity contribution is 0.229. The first-order valence-corrected chi connectivity index (χ1v) is 12.8. The molecule has 0 unspecified atom stereocenters. The van der Waals surface area contributed by atoms with Crippen LogP contribution in [0.3, 0.4) is 0 Å². The summed E-state index contributed by atoms with van der Waals surface area (Å²) in [6.45, 7) is 7.69. The Hall–Kier alpha value is -2.52. The van der Waals surface area contributed by atoms with Crippen molar-refractivity contribution in [3.63, 3.8) is 0 Å². The summed E-state index contributed by atoms with van der Waals surface area (Å²) < 4.78 is 6.68. The van der Waals surface area contributed by atoms with Crippen LogP contribution in [0.25, 0.3) is 20.8 Å². The van der Waals surface area contributed by atoms with Crippen LogP contribution in [-0.4, -0.2) is 50.8 Å². The second-order valence-corrected chi connectivity index (χ2v) is 10.3. The van der Waals surface area contributed by atoms with Gasteiger partial charge in [-0.25, -0.2) is 15.0 Å². The van der Waals surface area contributed by atoms with Gasteiger partial charge in [0.1, 0.15) is 16.3 Å². The van der Waals surface area contributed by atoms with Crippen LogP contribution in [0.2, 0.25) is 0 Å². The number of nitrogens with one attached hydrogen (secondary N) is 2. The lowest BCUT2D eigenvalue weighted by Crippen LogP contribution is -2.19. The van der Waals surface area contributed by atoms with Gasteiger partial charge in [-0.3, -0.25) is 0 Å². The van der Waals surface area contributed by atoms with E-state index < -0.39 is 0 Å². The predicted octanol–water partition coefficient (Wildman–Crippen LogP) is 4.56. The van der Waals surface area contributed by atoms with Crippen LogP contribution in [0.5, 0.6) is 5.88 Å². The average molecular weight is 469 g/mol. The monoisotopic (exact) mass is 468 g/mol. The molecule has 0 radical (unpaired) electrons. The van der Waals surface area contributed by atoms with Crippen LogP contribution in [0.4, 0.5) is 11.8 Å². The van der Waals surface area contributed by atoms with Gasteiger partial charge in [-0.15, -0.1) is 11.3 Å². The van der Waals surface area contributed by atoms with Gasteiger partial charge in [0.25, 0.3) is 0 Å². The lowest BCUT2D eigenvalue weighted by atomic mass is 10.1. The third-order valence-electron chi connectivity index (χ3n) is 6.51. The number of fused-ring (bicyclic) bond motifs is 1. The van der Waals surface area contributed by atoms with Gasteiger partial charge in [-0.1, -0.05) is 0 Å². The minimum atomic E-state index is 0.244. The molecule has 8 nitrogen and oxygen atoms in total. The molecule has 0 saturated heterocycles. The largest absolute Gasteiger partial charge is 0.478 e. The topological polar surface area (TPSA) is 105 Å². The molecule has 2 aliphatic carbocycles. The van der Waals surface area contributed by atoms with Gasteiger partial charge in [0, 0.05) is 25.3 Å². The molecule has 0 spiro atoms. The Morgan fingerprint density at radius 1 is 1.06 bits per heavy atom. The number of aliphatic hydroxyl groups is 1. The fraction of sp³-hybridized carbons (Fsp3) is 0.583. The van der Waals surface area contributed by atoms with Gasteiger partial charge in [-0.05, 0) is 64.7 Å². The van der Waals surface area contributed by atoms with E-state index in [0.29, 0.717) is 24.4 Å². The Kier molecular flexibility index (Phi) is 6.34. The van der Waals surface area contributed by atoms with Gasteiger partial charge in [0.2, 0.25) is 11.8 Å². The molecule has 3 aromatic heterocycles. The molecule has 2 saturated carbocycles. The fourth-order valence-electron chi connectivity index (χ4n) is 4.52. The minimum absolute atomic E-state index is 0.244. The molecular formula is C24H32N6O2S. The molecule has 2 atom stereocenters. The van der Waals surface area contributed by atoms with E-state index >= 15 is 0 Å². The van der Waals surface area contributed by atoms with Crippen molar-refractivity contribution in [3.05, 3.63) is 17.5 Å². The molecule has 3 aromatic rings. The van der Waals surface area contributed by atoms with Crippen molar-refractivity contribution >= 4 is 33.3 Å². The Morgan fingerprint density at radius 3 is 2.61 bits per heavy atom. The molecule has 2 fully saturated rings. The number of aryl methyl sites for hydroxylation is 2. The maximum absolute atomic E-state index is 9.58. The van der Waals surface area contributed by atoms with Crippen LogP contribution in [0.1, 0.15) is 50.4 Å². The van der Waals surface area contributed by atoms with Gasteiger partial charge in [0.15, 0.2) is 0 Å². The summed E-state index contributed by atoms with van der Waals surface area (Å²) >= 11 is 1.62. The Morgan fingerprint density at radius 2 is 1.88 bits per heavy atom. The van der Waals surface area contributed by atoms with Crippen LogP contribution in [0.15, 0.2) is 6.07 Å². The van der Waals surface area contributed by atoms with Crippen molar-refractivity contribution in [3.8, 4) is 16.5 Å². The van der Waals surface area contributed by atoms with E-state index in [1.54, 1.807) is 11.3 Å². The second-order valence-electron chi connectivity index (χ2n) is 9.23. The molecule has 5 rings (SSSR count). The number of aromatic nitrogens is 4. The van der Waals surface area contributed by atoms with Crippen molar-refractivity contribution in [1.29, 1.82) is 0 Å². The summed E-state index contributed by atoms with van der Waals surface area (Å²) in [7, 11) is 0. The normalized spacial score (nSPS) is 20.4. The third kappa shape index (κ3) is 4.89. The summed E-state index contributed by atoms with van der Waals surface area (Å²) in [6, 6.07) is 2.25. The smallest absolute Gasteiger partial charge is 0.224 e. The van der Waals surface area contributed by atoms with Gasteiger partial charge in [-0.2, -0.15) is 4.98 Å². The SMILES string of the molecule is CCOc1cc2sc(-c3c(C)nc(NCC4CC4)nc3N[C@H]3CC[C@@H](CO)C3)nc2c(C)n1. The number of hydrogen-bond acceptors (Lipinski definition) is 9. The summed E-state index contributed by atoms with van der Waals surface area (Å²) in [5.74, 6) is 3.21. The standard InChI is InChI=1S/C24H32N6O2S/c1-4-32-19-10-18-21(14(3)26-19)29-23(33-18)20-13(2)27-24(25-11-15-5-6-15)30-22(20)28-17-8-7-16(9-17)12-31/h10,15-17,31H,4-9,11-12H2,1-3H3,(H2,25,27,28,30)/t16-,17+/m1/s1. The number of aliphatic hydroxyl groups excluding tert-OH is 1. The highest BCUT2D eigenvalue weighted by Gasteiger charge is 2.27. The van der Waals surface area contributed by atoms with Crippen LogP contribution < -0.4 is 15.4 Å². The first-order valence-electron chi connectivity index (χ1n) is 11.9. The number of ether oxygens (including phenoxy) is 1. The van der Waals surface area contributed by atoms with E-state index in [1.165, 1.54) is 12.8 Å². The van der Waals surface area contributed by atoms with Crippen molar-refractivity contribution < 1.29 is 9.84 Å². The maximum atomic E-state index is 9.58. The molecule has 0 aliphatic heterocycles. The number of rotatable bonds is 9. The van der Waals surface area contributed by atoms with Gasteiger partial charge in [0.05, 0.1) is 28.3 Å². The highest BCUT2D eigenvalue weighted by molar-refractivity contribution is 7.21. The van der Waals surface area contributed by atoms with E-state index in [9.17, 15) is 5.11 Å². The zero-order valence-electron chi connectivity index (χ0n) is 19.5. The van der Waals surface area contributed by atoms with E-state index in [0.717, 1.165) is 69.7 Å². The highest BCUT2D eigenvalue weighted by atomic mass is 32.1. The molecule has 3 heterocycles. The van der Waals surface area contributed by atoms with Gasteiger partial charge >= 0.3 is 0 Å². The fourth-order valence-corrected chi connectivity index (χ4v) is 5.66. The molecule has 3 N–H and O–H groups in total. The number of hydrogen-bond donors (Lipinski definition) is 3. The summed E-state index contributed by atoms with van der Waals surface area (Å²) in [4.78, 5) is 19.2. The molecule has 2 aliphatic rings. The first kappa shape index (κ1) is 22.3. The van der Waals surface area contributed by atoms with Crippen molar-refractivity contribution in [1.82, 2.24) is 19.9 Å². The van der Waals surface area contributed by atoms with Crippen molar-refractivity contribution in [2.45, 2.75) is 58.9 Å². The summed E-state index contributed by atoms with van der Waals surface area (Å²) in [5, 5.41) is 17.6. The van der Waals surface area contributed by atoms with E-state index in [4.69, 9.17) is 19.7 Å². The Bertz CT molecular complexity index is 1150. The van der Waals surface area contributed by atoms with E-state index in [2.05, 4.69) is 15.6 Å². The number of thiazole rings is 1. The molecule has 33 heavy (non-hydrogen) atoms. The van der Waals surface area contributed by atoms with Crippen LogP contribution >= 0.6 is 11.3 Å². The third-order valence-corrected chi connectivity index (χ3v) is 7.53.